The summed E-state index contributed by atoms with van der Waals surface area (Å²) in [5.41, 5.74) is 0.862. The lowest BCUT2D eigenvalue weighted by atomic mass is 10.0. The number of pyridine rings is 1. The molecule has 0 saturated carbocycles. The van der Waals surface area contributed by atoms with Crippen molar-refractivity contribution in [3.8, 4) is 17.2 Å². The Hall–Kier alpha value is -2.21. The molecule has 1 heterocycles. The third-order valence-electron chi connectivity index (χ3n) is 2.73. The molecular weight excluding hydrogens is 373 g/mol. The molecule has 0 spiro atoms. The minimum absolute atomic E-state index is 0.0499. The predicted octanol–water partition coefficient (Wildman–Crippen LogP) is 2.73. The van der Waals surface area contributed by atoms with E-state index in [1.54, 1.807) is 25.1 Å². The monoisotopic (exact) mass is 381 g/mol. The topological polar surface area (TPSA) is 99.8 Å². The molecule has 0 saturated heterocycles. The Morgan fingerprint density at radius 1 is 1.40 bits per heavy atom. The molecule has 2 rings (SSSR count). The Kier molecular flexibility index (Phi) is 3.85. The lowest BCUT2D eigenvalue weighted by Crippen LogP contribution is -2.12. The first kappa shape index (κ1) is 14.2. The number of halogens is 1. The van der Waals surface area contributed by atoms with Crippen LogP contribution in [0.25, 0.3) is 11.1 Å². The Morgan fingerprint density at radius 3 is 2.70 bits per heavy atom. The molecule has 1 aromatic heterocycles. The average molecular weight is 381 g/mol. The van der Waals surface area contributed by atoms with Gasteiger partial charge < -0.3 is 4.98 Å². The summed E-state index contributed by atoms with van der Waals surface area (Å²) in [6.45, 7) is 1.69. The van der Waals surface area contributed by atoms with Gasteiger partial charge in [-0.05, 0) is 47.2 Å². The van der Waals surface area contributed by atoms with Crippen LogP contribution in [0.4, 0.5) is 5.69 Å². The standard InChI is InChI=1S/C13H8IN3O3/c1-7-4-9(10(6-15)13(18)16-7)8-2-3-11(14)12(5-8)17(19)20/h2-5H,1H3,(H,16,18). The zero-order valence-electron chi connectivity index (χ0n) is 10.3. The number of H-pyrrole nitrogens is 1. The van der Waals surface area contributed by atoms with Gasteiger partial charge in [-0.2, -0.15) is 5.26 Å². The largest absolute Gasteiger partial charge is 0.325 e. The van der Waals surface area contributed by atoms with Gasteiger partial charge in [0.25, 0.3) is 11.2 Å². The second kappa shape index (κ2) is 5.42. The van der Waals surface area contributed by atoms with Crippen molar-refractivity contribution in [2.24, 2.45) is 0 Å². The number of aromatic nitrogens is 1. The first-order chi connectivity index (χ1) is 9.43. The van der Waals surface area contributed by atoms with Crippen LogP contribution in [0.5, 0.6) is 0 Å². The van der Waals surface area contributed by atoms with E-state index in [1.165, 1.54) is 6.07 Å². The Balaban J connectivity index is 2.76. The van der Waals surface area contributed by atoms with Crippen molar-refractivity contribution in [2.75, 3.05) is 0 Å². The first-order valence-electron chi connectivity index (χ1n) is 5.52. The molecule has 0 aliphatic carbocycles. The van der Waals surface area contributed by atoms with E-state index in [9.17, 15) is 14.9 Å². The molecule has 1 N–H and O–H groups in total. The highest BCUT2D eigenvalue weighted by Crippen LogP contribution is 2.29. The summed E-state index contributed by atoms with van der Waals surface area (Å²) in [7, 11) is 0. The van der Waals surface area contributed by atoms with E-state index >= 15 is 0 Å². The number of nitriles is 1. The van der Waals surface area contributed by atoms with Crippen molar-refractivity contribution in [1.29, 1.82) is 5.26 Å². The van der Waals surface area contributed by atoms with Crippen LogP contribution in [0.15, 0.2) is 29.1 Å². The number of nitrogens with zero attached hydrogens (tertiary/aromatic N) is 2. The van der Waals surface area contributed by atoms with Gasteiger partial charge in [0, 0.05) is 17.3 Å². The van der Waals surface area contributed by atoms with Crippen LogP contribution in [0.2, 0.25) is 0 Å². The molecule has 0 aliphatic rings. The first-order valence-corrected chi connectivity index (χ1v) is 6.60. The quantitative estimate of drug-likeness (QED) is 0.491. The maximum absolute atomic E-state index is 11.7. The smallest absolute Gasteiger partial charge is 0.283 e. The van der Waals surface area contributed by atoms with Gasteiger partial charge in [-0.1, -0.05) is 6.07 Å². The number of aryl methyl sites for hydroxylation is 1. The SMILES string of the molecule is Cc1cc(-c2ccc(I)c([N+](=O)[O-])c2)c(C#N)c(=O)[nH]1. The van der Waals surface area contributed by atoms with Gasteiger partial charge in [0.15, 0.2) is 0 Å². The number of hydrogen-bond acceptors (Lipinski definition) is 4. The summed E-state index contributed by atoms with van der Waals surface area (Å²) in [4.78, 5) is 24.7. The highest BCUT2D eigenvalue weighted by molar-refractivity contribution is 14.1. The lowest BCUT2D eigenvalue weighted by Gasteiger charge is -2.06. The van der Waals surface area contributed by atoms with E-state index in [-0.39, 0.29) is 11.3 Å². The third-order valence-corrected chi connectivity index (χ3v) is 3.65. The van der Waals surface area contributed by atoms with Gasteiger partial charge in [-0.15, -0.1) is 0 Å². The lowest BCUT2D eigenvalue weighted by molar-refractivity contribution is -0.385. The van der Waals surface area contributed by atoms with Gasteiger partial charge >= 0.3 is 0 Å². The van der Waals surface area contributed by atoms with Crippen LogP contribution < -0.4 is 5.56 Å². The van der Waals surface area contributed by atoms with Gasteiger partial charge in [-0.3, -0.25) is 14.9 Å². The van der Waals surface area contributed by atoms with Crippen molar-refractivity contribution in [3.63, 3.8) is 0 Å². The molecule has 0 aliphatic heterocycles. The number of nitrogens with one attached hydrogen (secondary N) is 1. The fraction of sp³-hybridized carbons (Fsp3) is 0.0769. The second-order valence-electron chi connectivity index (χ2n) is 4.11. The molecule has 0 bridgehead atoms. The minimum atomic E-state index is -0.497. The molecule has 7 heteroatoms. The maximum atomic E-state index is 11.7. The fourth-order valence-electron chi connectivity index (χ4n) is 1.85. The summed E-state index contributed by atoms with van der Waals surface area (Å²) in [6, 6.07) is 8.09. The minimum Gasteiger partial charge on any atom is -0.325 e. The fourth-order valence-corrected chi connectivity index (χ4v) is 2.38. The van der Waals surface area contributed by atoms with E-state index in [2.05, 4.69) is 4.98 Å². The average Bonchev–Trinajstić information content (AvgIpc) is 2.38. The molecule has 1 aromatic carbocycles. The molecule has 2 aromatic rings. The Morgan fingerprint density at radius 2 is 2.10 bits per heavy atom. The van der Waals surface area contributed by atoms with Crippen LogP contribution in [0.3, 0.4) is 0 Å². The van der Waals surface area contributed by atoms with E-state index in [1.807, 2.05) is 28.7 Å². The normalized spacial score (nSPS) is 10.1. The van der Waals surface area contributed by atoms with Gasteiger partial charge in [-0.25, -0.2) is 0 Å². The Bertz CT molecular complexity index is 805. The molecule has 0 unspecified atom stereocenters. The maximum Gasteiger partial charge on any atom is 0.283 e. The van der Waals surface area contributed by atoms with E-state index in [0.717, 1.165) is 0 Å². The molecule has 6 nitrogen and oxygen atoms in total. The zero-order valence-corrected chi connectivity index (χ0v) is 12.5. The van der Waals surface area contributed by atoms with Gasteiger partial charge in [0.05, 0.1) is 8.49 Å². The number of hydrogen-bond donors (Lipinski definition) is 1. The molecule has 100 valence electrons. The molecule has 0 radical (unpaired) electrons. The third kappa shape index (κ3) is 2.55. The second-order valence-corrected chi connectivity index (χ2v) is 5.27. The van der Waals surface area contributed by atoms with Crippen LogP contribution >= 0.6 is 22.6 Å². The zero-order chi connectivity index (χ0) is 14.9. The molecule has 0 fully saturated rings. The molecular formula is C13H8IN3O3. The number of nitro benzene ring substituents is 1. The summed E-state index contributed by atoms with van der Waals surface area (Å²) < 4.78 is 0.497. The van der Waals surface area contributed by atoms with Crippen molar-refractivity contribution in [2.45, 2.75) is 6.92 Å². The van der Waals surface area contributed by atoms with E-state index in [0.29, 0.717) is 20.4 Å². The summed E-state index contributed by atoms with van der Waals surface area (Å²) in [6.07, 6.45) is 0. The Labute approximate surface area is 127 Å². The van der Waals surface area contributed by atoms with Crippen molar-refractivity contribution in [1.82, 2.24) is 4.98 Å². The molecule has 20 heavy (non-hydrogen) atoms. The number of nitro groups is 1. The van der Waals surface area contributed by atoms with Crippen molar-refractivity contribution < 1.29 is 4.92 Å². The van der Waals surface area contributed by atoms with E-state index in [4.69, 9.17) is 5.26 Å². The highest BCUT2D eigenvalue weighted by Gasteiger charge is 2.16. The van der Waals surface area contributed by atoms with Crippen molar-refractivity contribution in [3.05, 3.63) is 59.6 Å². The van der Waals surface area contributed by atoms with Gasteiger partial charge in [0.1, 0.15) is 11.6 Å². The summed E-state index contributed by atoms with van der Waals surface area (Å²) in [5, 5.41) is 20.0. The van der Waals surface area contributed by atoms with Crippen LogP contribution in [-0.2, 0) is 0 Å². The molecule has 0 amide bonds. The number of benzene rings is 1. The van der Waals surface area contributed by atoms with Crippen LogP contribution in [0.1, 0.15) is 11.3 Å². The highest BCUT2D eigenvalue weighted by atomic mass is 127. The summed E-state index contributed by atoms with van der Waals surface area (Å²) >= 11 is 1.87. The van der Waals surface area contributed by atoms with Crippen LogP contribution in [-0.4, -0.2) is 9.91 Å². The van der Waals surface area contributed by atoms with Gasteiger partial charge in [0.2, 0.25) is 0 Å². The summed E-state index contributed by atoms with van der Waals surface area (Å²) in [5.74, 6) is 0. The number of aromatic amines is 1. The van der Waals surface area contributed by atoms with Crippen molar-refractivity contribution >= 4 is 28.3 Å². The van der Waals surface area contributed by atoms with E-state index < -0.39 is 10.5 Å². The predicted molar refractivity (Wildman–Crippen MR) is 81.3 cm³/mol. The number of rotatable bonds is 2. The van der Waals surface area contributed by atoms with Crippen LogP contribution in [0, 0.1) is 31.9 Å². The molecule has 0 atom stereocenters.